The summed E-state index contributed by atoms with van der Waals surface area (Å²) in [6, 6.07) is 59.4. The minimum atomic E-state index is -0.0181. The number of allylic oxidation sites excluding steroid dienone is 2. The van der Waals surface area contributed by atoms with E-state index >= 15 is 0 Å². The highest BCUT2D eigenvalue weighted by atomic mass is 15.3. The lowest BCUT2D eigenvalue weighted by Crippen LogP contribution is -2.31. The molecule has 2 aliphatic carbocycles. The molecule has 0 spiro atoms. The SMILES string of the molecule is C1=CC2C3C(=C1)c1ccccc1-c1cc4ccccc4c4c1c1c3c(ccc1n4-c1ccccc1)N2c1nc2ccc3ccccc3c2nc1-c1ccccc1. The van der Waals surface area contributed by atoms with E-state index in [1.165, 1.54) is 66.1 Å². The highest BCUT2D eigenvalue weighted by Gasteiger charge is 2.46. The number of anilines is 2. The van der Waals surface area contributed by atoms with Crippen LogP contribution in [0.25, 0.3) is 88.0 Å². The van der Waals surface area contributed by atoms with Gasteiger partial charge in [0.1, 0.15) is 5.69 Å². The summed E-state index contributed by atoms with van der Waals surface area (Å²) in [5, 5.41) is 7.39. The first-order valence-electron chi connectivity index (χ1n) is 19.4. The maximum absolute atomic E-state index is 5.62. The Kier molecular flexibility index (Phi) is 5.97. The molecule has 4 heteroatoms. The molecule has 3 aliphatic rings. The van der Waals surface area contributed by atoms with Gasteiger partial charge in [0.2, 0.25) is 0 Å². The van der Waals surface area contributed by atoms with E-state index in [9.17, 15) is 0 Å². The second kappa shape index (κ2) is 11.1. The molecule has 0 radical (unpaired) electrons. The standard InChI is InChI=1S/C52H32N4/c1-3-15-32(16-4-1)49-52(53-41-27-26-31-14-7-9-20-35(31)50(41)54-49)56-42-25-13-24-39-37-22-11-12-23-38(37)40-30-33-17-8-10-21-36(33)51-46(40)48-43(28-29-44(56)47(48)45(39)42)55(51)34-18-5-2-6-19-34/h1-30,42,45H. The summed E-state index contributed by atoms with van der Waals surface area (Å²) < 4.78 is 2.51. The van der Waals surface area contributed by atoms with E-state index in [0.29, 0.717) is 0 Å². The molecule has 1 aliphatic heterocycles. The van der Waals surface area contributed by atoms with Crippen LogP contribution in [-0.2, 0) is 0 Å². The van der Waals surface area contributed by atoms with Crippen LogP contribution in [0.3, 0.4) is 0 Å². The Bertz CT molecular complexity index is 3370. The van der Waals surface area contributed by atoms with Gasteiger partial charge in [-0.05, 0) is 75.0 Å². The Labute approximate surface area is 322 Å². The Morgan fingerprint density at radius 2 is 1.29 bits per heavy atom. The van der Waals surface area contributed by atoms with E-state index in [1.807, 2.05) is 0 Å². The maximum atomic E-state index is 5.62. The fourth-order valence-electron chi connectivity index (χ4n) is 10.2. The predicted molar refractivity (Wildman–Crippen MR) is 232 cm³/mol. The first-order chi connectivity index (χ1) is 27.8. The van der Waals surface area contributed by atoms with Crippen molar-refractivity contribution in [2.24, 2.45) is 0 Å². The topological polar surface area (TPSA) is 34.0 Å². The van der Waals surface area contributed by atoms with Gasteiger partial charge in [0.05, 0.1) is 28.1 Å². The Hall–Kier alpha value is -7.30. The Morgan fingerprint density at radius 1 is 0.554 bits per heavy atom. The number of nitrogens with zero attached hydrogens (tertiary/aromatic N) is 4. The molecule has 0 N–H and O–H groups in total. The van der Waals surface area contributed by atoms with Crippen molar-refractivity contribution < 1.29 is 0 Å². The number of hydrogen-bond donors (Lipinski definition) is 0. The first kappa shape index (κ1) is 30.1. The molecule has 0 amide bonds. The molecule has 260 valence electrons. The summed E-state index contributed by atoms with van der Waals surface area (Å²) in [5.74, 6) is 0.940. The Morgan fingerprint density at radius 3 is 2.14 bits per heavy atom. The summed E-state index contributed by atoms with van der Waals surface area (Å²) in [4.78, 5) is 13.7. The highest BCUT2D eigenvalue weighted by Crippen LogP contribution is 2.60. The average Bonchev–Trinajstić information content (AvgIpc) is 3.79. The lowest BCUT2D eigenvalue weighted by Gasteiger charge is -2.32. The minimum absolute atomic E-state index is 0.0181. The van der Waals surface area contributed by atoms with Crippen LogP contribution >= 0.6 is 0 Å². The van der Waals surface area contributed by atoms with Gasteiger partial charge in [-0.1, -0.05) is 146 Å². The molecular weight excluding hydrogens is 681 g/mol. The van der Waals surface area contributed by atoms with Crippen LogP contribution in [0.1, 0.15) is 17.0 Å². The lowest BCUT2D eigenvalue weighted by atomic mass is 9.75. The highest BCUT2D eigenvalue weighted by molar-refractivity contribution is 6.27. The quantitative estimate of drug-likeness (QED) is 0.171. The van der Waals surface area contributed by atoms with Crippen LogP contribution in [0.4, 0.5) is 11.5 Å². The molecule has 56 heavy (non-hydrogen) atoms. The number of hydrogen-bond acceptors (Lipinski definition) is 3. The van der Waals surface area contributed by atoms with Crippen LogP contribution < -0.4 is 4.90 Å². The van der Waals surface area contributed by atoms with E-state index in [1.54, 1.807) is 0 Å². The fourth-order valence-corrected chi connectivity index (χ4v) is 10.2. The molecule has 2 aromatic heterocycles. The molecular formula is C52H32N4. The van der Waals surface area contributed by atoms with Gasteiger partial charge in [-0.3, -0.25) is 0 Å². The number of para-hydroxylation sites is 1. The molecule has 8 aromatic carbocycles. The number of fused-ring (bicyclic) bond motifs is 8. The van der Waals surface area contributed by atoms with E-state index in [2.05, 4.69) is 191 Å². The second-order valence-electron chi connectivity index (χ2n) is 15.2. The molecule has 0 bridgehead atoms. The normalized spacial score (nSPS) is 16.6. The molecule has 0 saturated heterocycles. The first-order valence-corrected chi connectivity index (χ1v) is 19.4. The number of aromatic nitrogens is 3. The van der Waals surface area contributed by atoms with Crippen LogP contribution in [0, 0.1) is 0 Å². The smallest absolute Gasteiger partial charge is 0.160 e. The summed E-state index contributed by atoms with van der Waals surface area (Å²) in [6.45, 7) is 0. The van der Waals surface area contributed by atoms with Crippen molar-refractivity contribution in [1.29, 1.82) is 0 Å². The zero-order valence-electron chi connectivity index (χ0n) is 30.3. The lowest BCUT2D eigenvalue weighted by molar-refractivity contribution is 0.755. The third-order valence-electron chi connectivity index (χ3n) is 12.4. The van der Waals surface area contributed by atoms with Crippen LogP contribution in [0.2, 0.25) is 0 Å². The van der Waals surface area contributed by atoms with Crippen molar-refractivity contribution in [3.05, 3.63) is 193 Å². The largest absolute Gasteiger partial charge is 0.316 e. The fraction of sp³-hybridized carbons (Fsp3) is 0.0385. The van der Waals surface area contributed by atoms with Gasteiger partial charge in [-0.2, -0.15) is 0 Å². The van der Waals surface area contributed by atoms with E-state index in [4.69, 9.17) is 9.97 Å². The number of benzene rings is 8. The van der Waals surface area contributed by atoms with E-state index < -0.39 is 0 Å². The van der Waals surface area contributed by atoms with Gasteiger partial charge in [0.15, 0.2) is 5.82 Å². The molecule has 0 fully saturated rings. The molecule has 13 rings (SSSR count). The molecule has 0 saturated carbocycles. The van der Waals surface area contributed by atoms with E-state index in [0.717, 1.165) is 44.6 Å². The zero-order valence-corrected chi connectivity index (χ0v) is 30.3. The van der Waals surface area contributed by atoms with Gasteiger partial charge in [0.25, 0.3) is 0 Å². The summed E-state index contributed by atoms with van der Waals surface area (Å²) >= 11 is 0. The van der Waals surface area contributed by atoms with Crippen LogP contribution in [-0.4, -0.2) is 20.6 Å². The summed E-state index contributed by atoms with van der Waals surface area (Å²) in [5.41, 5.74) is 15.1. The van der Waals surface area contributed by atoms with Crippen molar-refractivity contribution >= 4 is 71.5 Å². The maximum Gasteiger partial charge on any atom is 0.160 e. The van der Waals surface area contributed by atoms with Crippen molar-refractivity contribution in [2.45, 2.75) is 12.0 Å². The van der Waals surface area contributed by atoms with Crippen LogP contribution in [0.5, 0.6) is 0 Å². The van der Waals surface area contributed by atoms with Crippen LogP contribution in [0.15, 0.2) is 182 Å². The van der Waals surface area contributed by atoms with Crippen molar-refractivity contribution in [3.8, 4) is 28.1 Å². The van der Waals surface area contributed by atoms with Gasteiger partial charge < -0.3 is 9.47 Å². The Balaban J connectivity index is 1.21. The molecule has 3 heterocycles. The van der Waals surface area contributed by atoms with E-state index in [-0.39, 0.29) is 12.0 Å². The van der Waals surface area contributed by atoms with Gasteiger partial charge >= 0.3 is 0 Å². The molecule has 10 aromatic rings. The molecule has 2 unspecified atom stereocenters. The van der Waals surface area contributed by atoms with Crippen molar-refractivity contribution in [2.75, 3.05) is 4.90 Å². The minimum Gasteiger partial charge on any atom is -0.316 e. The van der Waals surface area contributed by atoms with Crippen molar-refractivity contribution in [1.82, 2.24) is 14.5 Å². The zero-order chi connectivity index (χ0) is 36.5. The average molecular weight is 713 g/mol. The van der Waals surface area contributed by atoms with Gasteiger partial charge in [0, 0.05) is 44.4 Å². The second-order valence-corrected chi connectivity index (χ2v) is 15.2. The molecule has 4 nitrogen and oxygen atoms in total. The monoisotopic (exact) mass is 712 g/mol. The van der Waals surface area contributed by atoms with Gasteiger partial charge in [-0.15, -0.1) is 0 Å². The summed E-state index contributed by atoms with van der Waals surface area (Å²) in [7, 11) is 0. The number of rotatable bonds is 3. The third-order valence-corrected chi connectivity index (χ3v) is 12.4. The summed E-state index contributed by atoms with van der Waals surface area (Å²) in [6.07, 6.45) is 7.01. The molecule has 2 atom stereocenters. The van der Waals surface area contributed by atoms with Gasteiger partial charge in [-0.25, -0.2) is 9.97 Å². The van der Waals surface area contributed by atoms with Crippen molar-refractivity contribution in [3.63, 3.8) is 0 Å². The third kappa shape index (κ3) is 3.92. The predicted octanol–water partition coefficient (Wildman–Crippen LogP) is 12.9.